The Morgan fingerprint density at radius 2 is 1.74 bits per heavy atom. The van der Waals surface area contributed by atoms with Crippen molar-refractivity contribution < 1.29 is 30.0 Å². The molecule has 9 nitrogen and oxygen atoms in total. The molecule has 0 aromatic heterocycles. The fourth-order valence-corrected chi connectivity index (χ4v) is 2.25. The first kappa shape index (κ1) is 21.0. The van der Waals surface area contributed by atoms with Crippen LogP contribution in [0.5, 0.6) is 0 Å². The quantitative estimate of drug-likeness (QED) is 0.485. The van der Waals surface area contributed by atoms with Crippen LogP contribution in [0.15, 0.2) is 12.2 Å². The molecule has 0 spiro atoms. The highest BCUT2D eigenvalue weighted by atomic mass is 16.5. The van der Waals surface area contributed by atoms with E-state index in [0.29, 0.717) is 12.1 Å². The Balaban J connectivity index is 0.000000599. The Morgan fingerprint density at radius 3 is 2.09 bits per heavy atom. The largest absolute Gasteiger partial charge is 0.473 e. The molecular weight excluding hydrogens is 306 g/mol. The van der Waals surface area contributed by atoms with Gasteiger partial charge in [0.15, 0.2) is 0 Å². The molecule has 0 saturated carbocycles. The van der Waals surface area contributed by atoms with Gasteiger partial charge in [0.25, 0.3) is 0 Å². The van der Waals surface area contributed by atoms with Crippen LogP contribution < -0.4 is 0 Å². The normalized spacial score (nSPS) is 20.3. The lowest BCUT2D eigenvalue weighted by molar-refractivity contribution is -0.159. The Morgan fingerprint density at radius 1 is 1.22 bits per heavy atom. The van der Waals surface area contributed by atoms with Crippen molar-refractivity contribution in [2.24, 2.45) is 0 Å². The van der Waals surface area contributed by atoms with Crippen molar-refractivity contribution in [1.82, 2.24) is 9.80 Å². The molecule has 2 aliphatic rings. The Hall–Kier alpha value is -1.99. The second kappa shape index (κ2) is 10.7. The van der Waals surface area contributed by atoms with Gasteiger partial charge in [0.2, 0.25) is 0 Å². The highest BCUT2D eigenvalue weighted by molar-refractivity contribution is 6.27. The lowest BCUT2D eigenvalue weighted by atomic mass is 10.1. The van der Waals surface area contributed by atoms with Crippen LogP contribution in [0.1, 0.15) is 6.92 Å². The minimum atomic E-state index is -1.82. The molecule has 2 aliphatic heterocycles. The monoisotopic (exact) mass is 329 g/mol. The smallest absolute Gasteiger partial charge is 0.414 e. The van der Waals surface area contributed by atoms with Gasteiger partial charge in [0.1, 0.15) is 0 Å². The third-order valence-electron chi connectivity index (χ3n) is 3.69. The van der Waals surface area contributed by atoms with Gasteiger partial charge < -0.3 is 20.4 Å². The Kier molecular flexibility index (Phi) is 9.76. The summed E-state index contributed by atoms with van der Waals surface area (Å²) in [5.74, 6) is -3.65. The fourth-order valence-electron chi connectivity index (χ4n) is 2.25. The molecule has 0 amide bonds. The molecule has 2 heterocycles. The molecule has 0 aliphatic carbocycles. The number of nitriles is 1. The van der Waals surface area contributed by atoms with Crippen LogP contribution in [-0.2, 0) is 14.3 Å². The summed E-state index contributed by atoms with van der Waals surface area (Å²) in [6, 6.07) is 3.08. The van der Waals surface area contributed by atoms with Crippen molar-refractivity contribution in [2.45, 2.75) is 19.0 Å². The van der Waals surface area contributed by atoms with Crippen LogP contribution >= 0.6 is 0 Å². The molecule has 9 heteroatoms. The number of piperazine rings is 1. The van der Waals surface area contributed by atoms with E-state index in [1.54, 1.807) is 6.08 Å². The maximum atomic E-state index is 9.10. The molecule has 130 valence electrons. The number of rotatable bonds is 3. The van der Waals surface area contributed by atoms with E-state index in [4.69, 9.17) is 29.8 Å². The summed E-state index contributed by atoms with van der Waals surface area (Å²) in [5, 5.41) is 23.3. The summed E-state index contributed by atoms with van der Waals surface area (Å²) in [5.41, 5.74) is 0. The fraction of sp³-hybridized carbons (Fsp3) is 0.643. The highest BCUT2D eigenvalue weighted by Gasteiger charge is 2.29. The van der Waals surface area contributed by atoms with E-state index in [9.17, 15) is 0 Å². The van der Waals surface area contributed by atoms with E-state index in [1.807, 2.05) is 12.1 Å². The SMILES string of the molecule is CC(C=CC#N)N1CCN(C2COC2)CC1.O.O=C(O)C(=O)O. The first-order chi connectivity index (χ1) is 10.5. The Bertz CT molecular complexity index is 438. The second-order valence-electron chi connectivity index (χ2n) is 5.10. The molecule has 4 N–H and O–H groups in total. The second-order valence-corrected chi connectivity index (χ2v) is 5.10. The topological polar surface area (TPSA) is 146 Å². The number of ether oxygens (including phenoxy) is 1. The van der Waals surface area contributed by atoms with E-state index < -0.39 is 11.9 Å². The highest BCUT2D eigenvalue weighted by Crippen LogP contribution is 2.14. The zero-order valence-electron chi connectivity index (χ0n) is 13.0. The summed E-state index contributed by atoms with van der Waals surface area (Å²) in [7, 11) is 0. The minimum Gasteiger partial charge on any atom is -0.473 e. The van der Waals surface area contributed by atoms with Gasteiger partial charge in [-0.1, -0.05) is 6.08 Å². The molecule has 0 radical (unpaired) electrons. The van der Waals surface area contributed by atoms with Crippen molar-refractivity contribution in [3.63, 3.8) is 0 Å². The predicted molar refractivity (Wildman–Crippen MR) is 80.9 cm³/mol. The number of hydrogen-bond donors (Lipinski definition) is 2. The average Bonchev–Trinajstić information content (AvgIpc) is 2.44. The molecule has 23 heavy (non-hydrogen) atoms. The first-order valence-corrected chi connectivity index (χ1v) is 7.04. The summed E-state index contributed by atoms with van der Waals surface area (Å²) in [4.78, 5) is 23.1. The van der Waals surface area contributed by atoms with Gasteiger partial charge in [-0.3, -0.25) is 9.80 Å². The summed E-state index contributed by atoms with van der Waals surface area (Å²) >= 11 is 0. The maximum absolute atomic E-state index is 9.10. The molecule has 0 aromatic carbocycles. The van der Waals surface area contributed by atoms with Gasteiger partial charge in [0.05, 0.1) is 25.3 Å². The van der Waals surface area contributed by atoms with E-state index in [0.717, 1.165) is 39.4 Å². The van der Waals surface area contributed by atoms with Crippen LogP contribution in [0.25, 0.3) is 0 Å². The van der Waals surface area contributed by atoms with Crippen molar-refractivity contribution in [1.29, 1.82) is 5.26 Å². The van der Waals surface area contributed by atoms with Gasteiger partial charge >= 0.3 is 11.9 Å². The number of hydrogen-bond acceptors (Lipinski definition) is 6. The number of carboxylic acids is 2. The van der Waals surface area contributed by atoms with E-state index in [-0.39, 0.29) is 5.48 Å². The van der Waals surface area contributed by atoms with Crippen LogP contribution in [-0.4, -0.2) is 88.9 Å². The predicted octanol–water partition coefficient (Wildman–Crippen LogP) is -1.20. The average molecular weight is 329 g/mol. The lowest BCUT2D eigenvalue weighted by Gasteiger charge is -2.43. The van der Waals surface area contributed by atoms with Gasteiger partial charge in [-0.05, 0) is 6.92 Å². The maximum Gasteiger partial charge on any atom is 0.414 e. The van der Waals surface area contributed by atoms with E-state index in [2.05, 4.69) is 16.7 Å². The van der Waals surface area contributed by atoms with Crippen LogP contribution in [0, 0.1) is 11.3 Å². The van der Waals surface area contributed by atoms with E-state index >= 15 is 0 Å². The number of allylic oxidation sites excluding steroid dienone is 1. The van der Waals surface area contributed by atoms with Crippen LogP contribution in [0.3, 0.4) is 0 Å². The number of carbonyl (C=O) groups is 2. The summed E-state index contributed by atoms with van der Waals surface area (Å²) < 4.78 is 5.21. The lowest BCUT2D eigenvalue weighted by Crippen LogP contribution is -2.57. The number of aliphatic carboxylic acids is 2. The third kappa shape index (κ3) is 7.21. The molecule has 2 rings (SSSR count). The number of carboxylic acid groups (broad SMARTS) is 2. The molecule has 0 bridgehead atoms. The molecule has 0 aromatic rings. The zero-order chi connectivity index (χ0) is 16.5. The zero-order valence-corrected chi connectivity index (χ0v) is 13.0. The molecular formula is C14H23N3O6. The van der Waals surface area contributed by atoms with Gasteiger partial charge in [0, 0.05) is 38.3 Å². The summed E-state index contributed by atoms with van der Waals surface area (Å²) in [6.07, 6.45) is 3.55. The molecule has 1 unspecified atom stereocenters. The van der Waals surface area contributed by atoms with Gasteiger partial charge in [-0.25, -0.2) is 9.59 Å². The summed E-state index contributed by atoms with van der Waals surface area (Å²) in [6.45, 7) is 8.39. The van der Waals surface area contributed by atoms with Crippen molar-refractivity contribution in [3.05, 3.63) is 12.2 Å². The third-order valence-corrected chi connectivity index (χ3v) is 3.69. The Labute approximate surface area is 134 Å². The first-order valence-electron chi connectivity index (χ1n) is 7.04. The standard InChI is InChI=1S/C12H19N3O.C2H2O4.H2O/c1-11(3-2-4-13)14-5-7-15(8-6-14)12-9-16-10-12;3-1(4)2(5)6;/h2-3,11-12H,5-10H2,1H3;(H,3,4)(H,5,6);1H2. The molecule has 1 atom stereocenters. The van der Waals surface area contributed by atoms with E-state index in [1.165, 1.54) is 0 Å². The van der Waals surface area contributed by atoms with Crippen molar-refractivity contribution in [2.75, 3.05) is 39.4 Å². The van der Waals surface area contributed by atoms with Crippen molar-refractivity contribution >= 4 is 11.9 Å². The van der Waals surface area contributed by atoms with Crippen LogP contribution in [0.4, 0.5) is 0 Å². The van der Waals surface area contributed by atoms with Gasteiger partial charge in [-0.2, -0.15) is 5.26 Å². The molecule has 2 fully saturated rings. The minimum absolute atomic E-state index is 0. The number of nitrogens with zero attached hydrogens (tertiary/aromatic N) is 3. The van der Waals surface area contributed by atoms with Gasteiger partial charge in [-0.15, -0.1) is 0 Å². The molecule has 2 saturated heterocycles. The van der Waals surface area contributed by atoms with Crippen LogP contribution in [0.2, 0.25) is 0 Å². The van der Waals surface area contributed by atoms with Crippen molar-refractivity contribution in [3.8, 4) is 6.07 Å².